The summed E-state index contributed by atoms with van der Waals surface area (Å²) < 4.78 is 0. The molecule has 3 unspecified atom stereocenters. The lowest BCUT2D eigenvalue weighted by Gasteiger charge is -2.20. The molecular formula is C21H25N3O. The fourth-order valence-electron chi connectivity index (χ4n) is 3.79. The van der Waals surface area contributed by atoms with Crippen LogP contribution in [0.3, 0.4) is 0 Å². The molecule has 4 rings (SSSR count). The summed E-state index contributed by atoms with van der Waals surface area (Å²) in [4.78, 5) is 19.5. The van der Waals surface area contributed by atoms with Gasteiger partial charge in [0.2, 0.25) is 0 Å². The third kappa shape index (κ3) is 3.53. The van der Waals surface area contributed by atoms with Gasteiger partial charge in [0.25, 0.3) is 5.91 Å². The minimum absolute atomic E-state index is 0.0339. The summed E-state index contributed by atoms with van der Waals surface area (Å²) in [6, 6.07) is 14.2. The van der Waals surface area contributed by atoms with Crippen LogP contribution in [0.25, 0.3) is 0 Å². The van der Waals surface area contributed by atoms with Crippen LogP contribution in [0.1, 0.15) is 48.1 Å². The predicted octanol–water partition coefficient (Wildman–Crippen LogP) is 3.81. The Morgan fingerprint density at radius 3 is 2.48 bits per heavy atom. The van der Waals surface area contributed by atoms with Crippen molar-refractivity contribution in [3.8, 4) is 0 Å². The summed E-state index contributed by atoms with van der Waals surface area (Å²) in [6.07, 6.45) is 5.33. The van der Waals surface area contributed by atoms with Crippen LogP contribution < -0.4 is 10.2 Å². The lowest BCUT2D eigenvalue weighted by molar-refractivity contribution is 0.0930. The maximum absolute atomic E-state index is 12.7. The molecule has 4 heteroatoms. The summed E-state index contributed by atoms with van der Waals surface area (Å²) in [5.41, 5.74) is 1.82. The summed E-state index contributed by atoms with van der Waals surface area (Å²) >= 11 is 0. The number of aromatic nitrogens is 1. The molecule has 4 nitrogen and oxygen atoms in total. The van der Waals surface area contributed by atoms with Crippen molar-refractivity contribution in [1.29, 1.82) is 0 Å². The van der Waals surface area contributed by atoms with Crippen LogP contribution >= 0.6 is 0 Å². The molecule has 1 aromatic heterocycles. The minimum Gasteiger partial charge on any atom is -0.357 e. The monoisotopic (exact) mass is 335 g/mol. The molecule has 1 aromatic carbocycles. The molecule has 1 aliphatic heterocycles. The largest absolute Gasteiger partial charge is 0.357 e. The number of hydrogen-bond acceptors (Lipinski definition) is 3. The number of amides is 1. The highest BCUT2D eigenvalue weighted by Gasteiger charge is 2.41. The first-order valence-electron chi connectivity index (χ1n) is 9.29. The van der Waals surface area contributed by atoms with E-state index in [9.17, 15) is 4.79 Å². The van der Waals surface area contributed by atoms with Gasteiger partial charge in [-0.05, 0) is 48.8 Å². The Balaban J connectivity index is 1.47. The number of nitrogens with one attached hydrogen (secondary N) is 1. The number of pyridine rings is 1. The number of nitrogens with zero attached hydrogens (tertiary/aromatic N) is 2. The topological polar surface area (TPSA) is 45.2 Å². The molecule has 1 saturated carbocycles. The Morgan fingerprint density at radius 2 is 1.88 bits per heavy atom. The van der Waals surface area contributed by atoms with Crippen LogP contribution in [0.5, 0.6) is 0 Å². The Kier molecular flexibility index (Phi) is 4.43. The van der Waals surface area contributed by atoms with E-state index in [-0.39, 0.29) is 11.9 Å². The number of carbonyl (C=O) groups excluding carboxylic acids is 1. The number of anilines is 1. The summed E-state index contributed by atoms with van der Waals surface area (Å²) in [6.45, 7) is 4.38. The first kappa shape index (κ1) is 16.1. The van der Waals surface area contributed by atoms with E-state index < -0.39 is 0 Å². The van der Waals surface area contributed by atoms with E-state index in [1.54, 1.807) is 6.20 Å². The second-order valence-electron chi connectivity index (χ2n) is 7.34. The van der Waals surface area contributed by atoms with Crippen molar-refractivity contribution in [3.63, 3.8) is 0 Å². The van der Waals surface area contributed by atoms with Crippen LogP contribution in [0.15, 0.2) is 48.7 Å². The maximum atomic E-state index is 12.7. The minimum atomic E-state index is -0.0339. The van der Waals surface area contributed by atoms with Gasteiger partial charge in [-0.1, -0.05) is 37.3 Å². The van der Waals surface area contributed by atoms with E-state index in [0.717, 1.165) is 18.9 Å². The SMILES string of the molecule is CC1CC1C(NC(=O)c1ccc(N2CCCC2)nc1)c1ccccc1. The van der Waals surface area contributed by atoms with Crippen molar-refractivity contribution in [2.24, 2.45) is 11.8 Å². The van der Waals surface area contributed by atoms with E-state index in [0.29, 0.717) is 17.4 Å². The van der Waals surface area contributed by atoms with Crippen LogP contribution in [-0.4, -0.2) is 24.0 Å². The molecule has 1 saturated heterocycles. The zero-order valence-corrected chi connectivity index (χ0v) is 14.7. The number of rotatable bonds is 5. The van der Waals surface area contributed by atoms with Crippen molar-refractivity contribution >= 4 is 11.7 Å². The van der Waals surface area contributed by atoms with Gasteiger partial charge in [-0.15, -0.1) is 0 Å². The van der Waals surface area contributed by atoms with Gasteiger partial charge < -0.3 is 10.2 Å². The summed E-state index contributed by atoms with van der Waals surface area (Å²) in [5.74, 6) is 2.14. The second kappa shape index (κ2) is 6.87. The molecule has 2 heterocycles. The van der Waals surface area contributed by atoms with Gasteiger partial charge in [-0.3, -0.25) is 4.79 Å². The Morgan fingerprint density at radius 1 is 1.16 bits per heavy atom. The van der Waals surface area contributed by atoms with Gasteiger partial charge in [-0.2, -0.15) is 0 Å². The molecule has 1 N–H and O–H groups in total. The fraction of sp³-hybridized carbons (Fsp3) is 0.429. The highest BCUT2D eigenvalue weighted by molar-refractivity contribution is 5.94. The fourth-order valence-corrected chi connectivity index (χ4v) is 3.79. The molecule has 0 bridgehead atoms. The molecule has 1 amide bonds. The average molecular weight is 335 g/mol. The van der Waals surface area contributed by atoms with E-state index in [2.05, 4.69) is 34.3 Å². The quantitative estimate of drug-likeness (QED) is 0.904. The molecular weight excluding hydrogens is 310 g/mol. The molecule has 3 atom stereocenters. The molecule has 0 radical (unpaired) electrons. The maximum Gasteiger partial charge on any atom is 0.253 e. The van der Waals surface area contributed by atoms with Gasteiger partial charge in [0.1, 0.15) is 5.82 Å². The molecule has 25 heavy (non-hydrogen) atoms. The molecule has 130 valence electrons. The van der Waals surface area contributed by atoms with Gasteiger partial charge in [-0.25, -0.2) is 4.98 Å². The van der Waals surface area contributed by atoms with Crippen molar-refractivity contribution in [1.82, 2.24) is 10.3 Å². The smallest absolute Gasteiger partial charge is 0.253 e. The normalized spacial score (nSPS) is 23.3. The van der Waals surface area contributed by atoms with E-state index in [1.165, 1.54) is 24.8 Å². The lowest BCUT2D eigenvalue weighted by atomic mass is 10.0. The highest BCUT2D eigenvalue weighted by atomic mass is 16.1. The number of carbonyl (C=O) groups is 1. The Bertz CT molecular complexity index is 723. The Labute approximate surface area is 149 Å². The zero-order valence-electron chi connectivity index (χ0n) is 14.7. The van der Waals surface area contributed by atoms with Crippen molar-refractivity contribution < 1.29 is 4.79 Å². The first-order valence-corrected chi connectivity index (χ1v) is 9.29. The standard InChI is InChI=1S/C21H25N3O/c1-15-13-18(15)20(16-7-3-2-4-8-16)23-21(25)17-9-10-19(22-14-17)24-11-5-6-12-24/h2-4,7-10,14-15,18,20H,5-6,11-13H2,1H3,(H,23,25). The molecule has 1 aliphatic carbocycles. The summed E-state index contributed by atoms with van der Waals surface area (Å²) in [5, 5.41) is 3.24. The van der Waals surface area contributed by atoms with Gasteiger partial charge in [0, 0.05) is 19.3 Å². The second-order valence-corrected chi connectivity index (χ2v) is 7.34. The van der Waals surface area contributed by atoms with Crippen LogP contribution in [-0.2, 0) is 0 Å². The Hall–Kier alpha value is -2.36. The summed E-state index contributed by atoms with van der Waals surface area (Å²) in [7, 11) is 0. The average Bonchev–Trinajstić information content (AvgIpc) is 3.13. The lowest BCUT2D eigenvalue weighted by Crippen LogP contribution is -2.30. The van der Waals surface area contributed by atoms with Crippen molar-refractivity contribution in [2.45, 2.75) is 32.2 Å². The number of hydrogen-bond donors (Lipinski definition) is 1. The van der Waals surface area contributed by atoms with Crippen molar-refractivity contribution in [2.75, 3.05) is 18.0 Å². The van der Waals surface area contributed by atoms with E-state index in [1.807, 2.05) is 30.3 Å². The third-order valence-electron chi connectivity index (χ3n) is 5.49. The highest BCUT2D eigenvalue weighted by Crippen LogP contribution is 2.47. The van der Waals surface area contributed by atoms with Gasteiger partial charge in [0.05, 0.1) is 11.6 Å². The molecule has 0 spiro atoms. The molecule has 2 aromatic rings. The van der Waals surface area contributed by atoms with Crippen molar-refractivity contribution in [3.05, 3.63) is 59.8 Å². The van der Waals surface area contributed by atoms with Crippen LogP contribution in [0.4, 0.5) is 5.82 Å². The number of benzene rings is 1. The van der Waals surface area contributed by atoms with Gasteiger partial charge >= 0.3 is 0 Å². The first-order chi connectivity index (χ1) is 12.2. The predicted molar refractivity (Wildman–Crippen MR) is 99.6 cm³/mol. The van der Waals surface area contributed by atoms with Crippen LogP contribution in [0.2, 0.25) is 0 Å². The molecule has 2 fully saturated rings. The third-order valence-corrected chi connectivity index (χ3v) is 5.49. The van der Waals surface area contributed by atoms with E-state index >= 15 is 0 Å². The van der Waals surface area contributed by atoms with Gasteiger partial charge in [0.15, 0.2) is 0 Å². The molecule has 2 aliphatic rings. The zero-order chi connectivity index (χ0) is 17.2. The van der Waals surface area contributed by atoms with Crippen LogP contribution in [0, 0.1) is 11.8 Å². The van der Waals surface area contributed by atoms with E-state index in [4.69, 9.17) is 0 Å².